The van der Waals surface area contributed by atoms with Gasteiger partial charge >= 0.3 is 5.97 Å². The van der Waals surface area contributed by atoms with E-state index >= 15 is 0 Å². The zero-order valence-electron chi connectivity index (χ0n) is 12.7. The van der Waals surface area contributed by atoms with E-state index in [0.717, 1.165) is 12.8 Å². The highest BCUT2D eigenvalue weighted by atomic mass is 32.2. The van der Waals surface area contributed by atoms with E-state index in [4.69, 9.17) is 5.11 Å². The van der Waals surface area contributed by atoms with Crippen LogP contribution in [0, 0.1) is 0 Å². The molecule has 0 amide bonds. The minimum Gasteiger partial charge on any atom is -0.477 e. The summed E-state index contributed by atoms with van der Waals surface area (Å²) in [6.45, 7) is 1.07. The lowest BCUT2D eigenvalue weighted by molar-refractivity contribution is 0.0695. The summed E-state index contributed by atoms with van der Waals surface area (Å²) in [7, 11) is -3.48. The maximum atomic E-state index is 12.5. The number of carbonyl (C=O) groups is 1. The predicted octanol–water partition coefficient (Wildman–Crippen LogP) is 1.52. The minimum atomic E-state index is -3.48. The van der Waals surface area contributed by atoms with Crippen molar-refractivity contribution >= 4 is 16.0 Å². The van der Waals surface area contributed by atoms with Crippen molar-refractivity contribution in [3.63, 3.8) is 0 Å². The van der Waals surface area contributed by atoms with Crippen molar-refractivity contribution in [2.24, 2.45) is 0 Å². The Morgan fingerprint density at radius 2 is 1.67 bits per heavy atom. The first-order valence-electron chi connectivity index (χ1n) is 7.47. The summed E-state index contributed by atoms with van der Waals surface area (Å²) >= 11 is 0. The maximum absolute atomic E-state index is 12.5. The van der Waals surface area contributed by atoms with Crippen molar-refractivity contribution < 1.29 is 18.3 Å². The molecule has 0 bridgehead atoms. The molecule has 0 aliphatic carbocycles. The number of carboxylic acid groups (broad SMARTS) is 1. The Bertz CT molecular complexity index is 926. The number of aromatic nitrogens is 1. The molecule has 0 saturated carbocycles. The van der Waals surface area contributed by atoms with Gasteiger partial charge in [-0.25, -0.2) is 13.2 Å². The molecule has 126 valence electrons. The Hall–Kier alpha value is -2.45. The zero-order chi connectivity index (χ0) is 17.3. The molecule has 7 nitrogen and oxygen atoms in total. The van der Waals surface area contributed by atoms with Gasteiger partial charge in [0.15, 0.2) is 0 Å². The van der Waals surface area contributed by atoms with Crippen LogP contribution in [0.5, 0.6) is 0 Å². The lowest BCUT2D eigenvalue weighted by atomic mass is 10.1. The average Bonchev–Trinajstić information content (AvgIpc) is 3.10. The van der Waals surface area contributed by atoms with Crippen LogP contribution >= 0.6 is 0 Å². The van der Waals surface area contributed by atoms with Crippen molar-refractivity contribution in [2.45, 2.75) is 17.7 Å². The second-order valence-corrected chi connectivity index (χ2v) is 7.49. The van der Waals surface area contributed by atoms with Gasteiger partial charge in [0.05, 0.1) is 4.90 Å². The molecule has 8 heteroatoms. The Morgan fingerprint density at radius 1 is 1.04 bits per heavy atom. The highest BCUT2D eigenvalue weighted by molar-refractivity contribution is 7.89. The molecule has 3 rings (SSSR count). The third-order valence-corrected chi connectivity index (χ3v) is 5.92. The van der Waals surface area contributed by atoms with Crippen LogP contribution in [0.2, 0.25) is 0 Å². The molecule has 0 radical (unpaired) electrons. The van der Waals surface area contributed by atoms with Crippen molar-refractivity contribution in [1.82, 2.24) is 9.29 Å². The number of rotatable bonds is 4. The molecule has 1 aliphatic heterocycles. The van der Waals surface area contributed by atoms with Crippen LogP contribution in [0.25, 0.3) is 11.3 Å². The van der Waals surface area contributed by atoms with Crippen molar-refractivity contribution in [1.29, 1.82) is 0 Å². The van der Waals surface area contributed by atoms with Crippen LogP contribution in [-0.2, 0) is 10.0 Å². The smallest absolute Gasteiger partial charge is 0.341 e. The van der Waals surface area contributed by atoms with Crippen LogP contribution in [0.3, 0.4) is 0 Å². The quantitative estimate of drug-likeness (QED) is 0.871. The average molecular weight is 348 g/mol. The third kappa shape index (κ3) is 2.98. The third-order valence-electron chi connectivity index (χ3n) is 4.01. The first-order chi connectivity index (χ1) is 11.4. The van der Waals surface area contributed by atoms with E-state index in [2.05, 4.69) is 4.98 Å². The first-order valence-corrected chi connectivity index (χ1v) is 8.91. The second kappa shape index (κ2) is 6.21. The normalized spacial score (nSPS) is 15.5. The van der Waals surface area contributed by atoms with E-state index in [1.165, 1.54) is 28.6 Å². The van der Waals surface area contributed by atoms with E-state index in [9.17, 15) is 18.0 Å². The first kappa shape index (κ1) is 16.4. The van der Waals surface area contributed by atoms with Crippen LogP contribution in [0.4, 0.5) is 0 Å². The van der Waals surface area contributed by atoms with E-state index in [1.807, 2.05) is 0 Å². The number of aromatic carboxylic acids is 1. The summed E-state index contributed by atoms with van der Waals surface area (Å²) in [6.07, 6.45) is 1.74. The highest BCUT2D eigenvalue weighted by Crippen LogP contribution is 2.23. The van der Waals surface area contributed by atoms with Crippen LogP contribution in [0.1, 0.15) is 23.2 Å². The number of nitrogens with zero attached hydrogens (tertiary/aromatic N) is 1. The summed E-state index contributed by atoms with van der Waals surface area (Å²) in [5, 5.41) is 8.87. The zero-order valence-corrected chi connectivity index (χ0v) is 13.5. The summed E-state index contributed by atoms with van der Waals surface area (Å²) in [5.41, 5.74) is -0.0136. The van der Waals surface area contributed by atoms with Crippen molar-refractivity contribution in [3.05, 3.63) is 52.3 Å². The Kier molecular flexibility index (Phi) is 4.25. The van der Waals surface area contributed by atoms with Gasteiger partial charge in [-0.1, -0.05) is 12.1 Å². The van der Waals surface area contributed by atoms with Gasteiger partial charge < -0.3 is 10.1 Å². The van der Waals surface area contributed by atoms with Gasteiger partial charge in [0.25, 0.3) is 5.56 Å². The SMILES string of the molecule is O=C(O)c1ccc(-c2ccc(S(=O)(=O)N3CCCC3)cc2)[nH]c1=O. The maximum Gasteiger partial charge on any atom is 0.341 e. The summed E-state index contributed by atoms with van der Waals surface area (Å²) in [5.74, 6) is -1.30. The molecule has 24 heavy (non-hydrogen) atoms. The molecule has 2 heterocycles. The number of benzene rings is 1. The van der Waals surface area contributed by atoms with Gasteiger partial charge in [-0.05, 0) is 42.7 Å². The van der Waals surface area contributed by atoms with Gasteiger partial charge in [-0.2, -0.15) is 4.31 Å². The molecular weight excluding hydrogens is 332 g/mol. The van der Waals surface area contributed by atoms with Gasteiger partial charge in [0.1, 0.15) is 5.56 Å². The summed E-state index contributed by atoms with van der Waals surface area (Å²) in [4.78, 5) is 25.3. The summed E-state index contributed by atoms with van der Waals surface area (Å²) in [6, 6.07) is 8.88. The van der Waals surface area contributed by atoms with Gasteiger partial charge in [0.2, 0.25) is 10.0 Å². The van der Waals surface area contributed by atoms with E-state index in [-0.39, 0.29) is 10.5 Å². The Balaban J connectivity index is 1.91. The molecule has 1 fully saturated rings. The topological polar surface area (TPSA) is 108 Å². The van der Waals surface area contributed by atoms with Gasteiger partial charge in [-0.3, -0.25) is 4.79 Å². The molecule has 1 aliphatic rings. The largest absolute Gasteiger partial charge is 0.477 e. The minimum absolute atomic E-state index is 0.206. The molecule has 2 aromatic rings. The fraction of sp³-hybridized carbons (Fsp3) is 0.250. The fourth-order valence-corrected chi connectivity index (χ4v) is 4.21. The van der Waals surface area contributed by atoms with Crippen LogP contribution < -0.4 is 5.56 Å². The molecule has 0 unspecified atom stereocenters. The van der Waals surface area contributed by atoms with E-state index in [1.54, 1.807) is 12.1 Å². The molecule has 0 atom stereocenters. The van der Waals surface area contributed by atoms with Gasteiger partial charge in [-0.15, -0.1) is 0 Å². The van der Waals surface area contributed by atoms with Crippen LogP contribution in [0.15, 0.2) is 46.1 Å². The van der Waals surface area contributed by atoms with E-state index < -0.39 is 21.6 Å². The standard InChI is InChI=1S/C16H16N2O5S/c19-15-13(16(20)21)7-8-14(17-15)11-3-5-12(6-4-11)24(22,23)18-9-1-2-10-18/h3-8H,1-2,9-10H2,(H,17,19)(H,20,21). The lowest BCUT2D eigenvalue weighted by Gasteiger charge is -2.15. The van der Waals surface area contributed by atoms with Gasteiger partial charge in [0, 0.05) is 18.8 Å². The Labute approximate surface area is 138 Å². The van der Waals surface area contributed by atoms with Crippen molar-refractivity contribution in [3.8, 4) is 11.3 Å². The van der Waals surface area contributed by atoms with Crippen LogP contribution in [-0.4, -0.2) is 41.9 Å². The van der Waals surface area contributed by atoms with E-state index in [0.29, 0.717) is 24.3 Å². The predicted molar refractivity (Wildman–Crippen MR) is 87.5 cm³/mol. The number of hydrogen-bond donors (Lipinski definition) is 2. The second-order valence-electron chi connectivity index (χ2n) is 5.56. The summed E-state index contributed by atoms with van der Waals surface area (Å²) < 4.78 is 26.4. The number of H-pyrrole nitrogens is 1. The molecule has 2 N–H and O–H groups in total. The molecule has 0 spiro atoms. The number of hydrogen-bond acceptors (Lipinski definition) is 4. The highest BCUT2D eigenvalue weighted by Gasteiger charge is 2.26. The number of sulfonamides is 1. The molecule has 1 aromatic carbocycles. The molecule has 1 saturated heterocycles. The number of carboxylic acids is 1. The number of pyridine rings is 1. The Morgan fingerprint density at radius 3 is 2.21 bits per heavy atom. The molecular formula is C16H16N2O5S. The monoisotopic (exact) mass is 348 g/mol. The number of aromatic amines is 1. The fourth-order valence-electron chi connectivity index (χ4n) is 2.69. The van der Waals surface area contributed by atoms with Crippen molar-refractivity contribution in [2.75, 3.05) is 13.1 Å². The number of nitrogens with one attached hydrogen (secondary N) is 1. The lowest BCUT2D eigenvalue weighted by Crippen LogP contribution is -2.27. The molecule has 1 aromatic heterocycles.